The summed E-state index contributed by atoms with van der Waals surface area (Å²) >= 11 is 6.03. The van der Waals surface area contributed by atoms with Gasteiger partial charge in [-0.05, 0) is 58.8 Å². The summed E-state index contributed by atoms with van der Waals surface area (Å²) in [6.07, 6.45) is 4.06. The minimum absolute atomic E-state index is 0.0749. The van der Waals surface area contributed by atoms with Crippen LogP contribution in [0.2, 0.25) is 5.02 Å². The highest BCUT2D eigenvalue weighted by atomic mass is 35.5. The molecule has 0 bridgehead atoms. The van der Waals surface area contributed by atoms with Gasteiger partial charge in [0.15, 0.2) is 0 Å². The second-order valence-corrected chi connectivity index (χ2v) is 6.81. The van der Waals surface area contributed by atoms with Gasteiger partial charge < -0.3 is 5.32 Å². The fraction of sp³-hybridized carbons (Fsp3) is 0.0435. The molecular formula is C23H17ClN2O. The van der Waals surface area contributed by atoms with Gasteiger partial charge in [-0.2, -0.15) is 0 Å². The summed E-state index contributed by atoms with van der Waals surface area (Å²) in [7, 11) is 0. The lowest BCUT2D eigenvalue weighted by atomic mass is 10.0. The molecule has 0 aliphatic carbocycles. The van der Waals surface area contributed by atoms with Gasteiger partial charge in [0.1, 0.15) is 0 Å². The Morgan fingerprint density at radius 1 is 0.963 bits per heavy atom. The van der Waals surface area contributed by atoms with Crippen LogP contribution < -0.4 is 5.32 Å². The largest absolute Gasteiger partial charge is 0.326 e. The maximum atomic E-state index is 11.3. The number of hydrogen-bond acceptors (Lipinski definition) is 2. The van der Waals surface area contributed by atoms with Gasteiger partial charge in [0.05, 0.1) is 11.2 Å². The summed E-state index contributed by atoms with van der Waals surface area (Å²) in [6, 6.07) is 21.7. The topological polar surface area (TPSA) is 42.0 Å². The molecule has 0 spiro atoms. The Bertz CT molecular complexity index is 1200. The SMILES string of the molecule is CC(=O)Nc1ccc2c(/C=C/c3ccc4cc(Cl)ccc4n3)cccc2c1. The van der Waals surface area contributed by atoms with Gasteiger partial charge in [0, 0.05) is 23.0 Å². The molecule has 1 aromatic heterocycles. The van der Waals surface area contributed by atoms with Gasteiger partial charge in [-0.15, -0.1) is 0 Å². The quantitative estimate of drug-likeness (QED) is 0.467. The second kappa shape index (κ2) is 7.22. The van der Waals surface area contributed by atoms with Crippen LogP contribution in [0.5, 0.6) is 0 Å². The highest BCUT2D eigenvalue weighted by Crippen LogP contribution is 2.25. The molecule has 0 saturated carbocycles. The first kappa shape index (κ1) is 17.3. The van der Waals surface area contributed by atoms with Crippen molar-refractivity contribution in [2.24, 2.45) is 0 Å². The standard InChI is InChI=1S/C23H17ClN2O/c1-15(27)25-21-10-11-22-16(3-2-4-17(22)14-21)5-8-20-9-6-18-13-19(24)7-12-23(18)26-20/h2-14H,1H3,(H,25,27)/b8-5+. The van der Waals surface area contributed by atoms with Crippen LogP contribution in [-0.4, -0.2) is 10.9 Å². The molecule has 4 heteroatoms. The highest BCUT2D eigenvalue weighted by Gasteiger charge is 2.02. The number of hydrogen-bond donors (Lipinski definition) is 1. The molecule has 1 N–H and O–H groups in total. The molecule has 3 nitrogen and oxygen atoms in total. The number of carbonyl (C=O) groups is 1. The van der Waals surface area contributed by atoms with Crippen molar-refractivity contribution in [1.82, 2.24) is 4.98 Å². The monoisotopic (exact) mass is 372 g/mol. The van der Waals surface area contributed by atoms with Crippen molar-refractivity contribution < 1.29 is 4.79 Å². The van der Waals surface area contributed by atoms with Crippen molar-refractivity contribution in [3.8, 4) is 0 Å². The van der Waals surface area contributed by atoms with Crippen LogP contribution in [0.15, 0.2) is 66.7 Å². The third kappa shape index (κ3) is 3.83. The van der Waals surface area contributed by atoms with Crippen molar-refractivity contribution in [1.29, 1.82) is 0 Å². The Labute approximate surface area is 162 Å². The fourth-order valence-corrected chi connectivity index (χ4v) is 3.30. The van der Waals surface area contributed by atoms with E-state index < -0.39 is 0 Å². The molecule has 1 heterocycles. The predicted octanol–water partition coefficient (Wildman–Crippen LogP) is 6.17. The molecule has 0 atom stereocenters. The van der Waals surface area contributed by atoms with E-state index in [2.05, 4.69) is 22.4 Å². The summed E-state index contributed by atoms with van der Waals surface area (Å²) in [6.45, 7) is 1.51. The Hall–Kier alpha value is -3.17. The van der Waals surface area contributed by atoms with E-state index in [4.69, 9.17) is 11.6 Å². The minimum atomic E-state index is -0.0749. The normalized spacial score (nSPS) is 11.3. The molecule has 0 fully saturated rings. The molecule has 4 rings (SSSR count). The van der Waals surface area contributed by atoms with E-state index in [0.29, 0.717) is 5.02 Å². The van der Waals surface area contributed by atoms with Crippen LogP contribution in [0.3, 0.4) is 0 Å². The predicted molar refractivity (Wildman–Crippen MR) is 114 cm³/mol. The zero-order valence-corrected chi connectivity index (χ0v) is 15.5. The van der Waals surface area contributed by atoms with Gasteiger partial charge in [-0.3, -0.25) is 4.79 Å². The van der Waals surface area contributed by atoms with E-state index >= 15 is 0 Å². The first-order valence-electron chi connectivity index (χ1n) is 8.63. The molecule has 1 amide bonds. The zero-order chi connectivity index (χ0) is 18.8. The third-order valence-corrected chi connectivity index (χ3v) is 4.58. The number of aromatic nitrogens is 1. The summed E-state index contributed by atoms with van der Waals surface area (Å²) < 4.78 is 0. The molecule has 132 valence electrons. The molecule has 27 heavy (non-hydrogen) atoms. The van der Waals surface area contributed by atoms with Gasteiger partial charge in [-0.1, -0.05) is 48.0 Å². The summed E-state index contributed by atoms with van der Waals surface area (Å²) in [5.41, 5.74) is 3.70. The van der Waals surface area contributed by atoms with E-state index in [-0.39, 0.29) is 5.91 Å². The van der Waals surface area contributed by atoms with Crippen molar-refractivity contribution in [3.05, 3.63) is 83.0 Å². The smallest absolute Gasteiger partial charge is 0.221 e. The van der Waals surface area contributed by atoms with Gasteiger partial charge in [0.25, 0.3) is 0 Å². The van der Waals surface area contributed by atoms with Crippen LogP contribution in [0.25, 0.3) is 33.8 Å². The molecule has 0 unspecified atom stereocenters. The average molecular weight is 373 g/mol. The summed E-state index contributed by atoms with van der Waals surface area (Å²) in [4.78, 5) is 15.9. The van der Waals surface area contributed by atoms with Crippen LogP contribution in [0.4, 0.5) is 5.69 Å². The Kier molecular flexibility index (Phi) is 4.61. The first-order valence-corrected chi connectivity index (χ1v) is 9.01. The van der Waals surface area contributed by atoms with Crippen molar-refractivity contribution in [2.75, 3.05) is 5.32 Å². The second-order valence-electron chi connectivity index (χ2n) is 6.37. The number of fused-ring (bicyclic) bond motifs is 2. The molecule has 0 saturated heterocycles. The lowest BCUT2D eigenvalue weighted by Crippen LogP contribution is -2.05. The lowest BCUT2D eigenvalue weighted by Gasteiger charge is -2.06. The van der Waals surface area contributed by atoms with Gasteiger partial charge >= 0.3 is 0 Å². The van der Waals surface area contributed by atoms with E-state index in [0.717, 1.165) is 38.6 Å². The van der Waals surface area contributed by atoms with Crippen LogP contribution >= 0.6 is 11.6 Å². The summed E-state index contributed by atoms with van der Waals surface area (Å²) in [5.74, 6) is -0.0749. The number of nitrogens with one attached hydrogen (secondary N) is 1. The Morgan fingerprint density at radius 3 is 2.70 bits per heavy atom. The van der Waals surface area contributed by atoms with Crippen molar-refractivity contribution in [3.63, 3.8) is 0 Å². The average Bonchev–Trinajstić information content (AvgIpc) is 2.65. The Balaban J connectivity index is 1.68. The zero-order valence-electron chi connectivity index (χ0n) is 14.7. The van der Waals surface area contributed by atoms with Crippen molar-refractivity contribution in [2.45, 2.75) is 6.92 Å². The molecule has 0 aliphatic rings. The lowest BCUT2D eigenvalue weighted by molar-refractivity contribution is -0.114. The molecule has 0 aliphatic heterocycles. The first-order chi connectivity index (χ1) is 13.1. The van der Waals surface area contributed by atoms with Gasteiger partial charge in [-0.25, -0.2) is 4.98 Å². The highest BCUT2D eigenvalue weighted by molar-refractivity contribution is 6.31. The van der Waals surface area contributed by atoms with Gasteiger partial charge in [0.2, 0.25) is 5.91 Å². The number of benzene rings is 3. The number of pyridine rings is 1. The van der Waals surface area contributed by atoms with Crippen molar-refractivity contribution >= 4 is 57.0 Å². The number of rotatable bonds is 3. The van der Waals surface area contributed by atoms with E-state index in [1.54, 1.807) is 0 Å². The van der Waals surface area contributed by atoms with E-state index in [9.17, 15) is 4.79 Å². The minimum Gasteiger partial charge on any atom is -0.326 e. The maximum absolute atomic E-state index is 11.3. The van der Waals surface area contributed by atoms with Crippen LogP contribution in [-0.2, 0) is 4.79 Å². The summed E-state index contributed by atoms with van der Waals surface area (Å²) in [5, 5.41) is 6.75. The third-order valence-electron chi connectivity index (χ3n) is 4.34. The van der Waals surface area contributed by atoms with Crippen LogP contribution in [0.1, 0.15) is 18.2 Å². The molecule has 3 aromatic carbocycles. The van der Waals surface area contributed by atoms with E-state index in [1.165, 1.54) is 6.92 Å². The number of carbonyl (C=O) groups excluding carboxylic acids is 1. The fourth-order valence-electron chi connectivity index (χ4n) is 3.12. The number of anilines is 1. The molecular weight excluding hydrogens is 356 g/mol. The maximum Gasteiger partial charge on any atom is 0.221 e. The van der Waals surface area contributed by atoms with Crippen LogP contribution in [0, 0.1) is 0 Å². The Morgan fingerprint density at radius 2 is 1.85 bits per heavy atom. The van der Waals surface area contributed by atoms with E-state index in [1.807, 2.05) is 66.7 Å². The number of halogens is 1. The number of nitrogens with zero attached hydrogens (tertiary/aromatic N) is 1. The molecule has 4 aromatic rings. The number of amides is 1. The molecule has 0 radical (unpaired) electrons.